The van der Waals surface area contributed by atoms with Gasteiger partial charge in [-0.1, -0.05) is 28.1 Å². The first-order chi connectivity index (χ1) is 9.95. The highest BCUT2D eigenvalue weighted by molar-refractivity contribution is 9.10. The Labute approximate surface area is 132 Å². The summed E-state index contributed by atoms with van der Waals surface area (Å²) in [4.78, 5) is 24.0. The molecule has 112 valence electrons. The lowest BCUT2D eigenvalue weighted by Crippen LogP contribution is -2.30. The standard InChI is InChI=1S/C16H17BrO4/c1-4-20-16(19)15-14(11-5-7-12(17)8-6-11)13(9(2)18)10(3)21-15/h5-8,14-15H,4H2,1-3H3/t14-,15-/m0/s1. The molecular formula is C16H17BrO4. The van der Waals surface area contributed by atoms with E-state index in [-0.39, 0.29) is 12.4 Å². The molecule has 0 saturated carbocycles. The number of carbonyl (C=O) groups excluding carboxylic acids is 2. The van der Waals surface area contributed by atoms with Crippen molar-refractivity contribution in [2.24, 2.45) is 0 Å². The maximum Gasteiger partial charge on any atom is 0.348 e. The van der Waals surface area contributed by atoms with Gasteiger partial charge in [0.1, 0.15) is 5.76 Å². The van der Waals surface area contributed by atoms with E-state index >= 15 is 0 Å². The quantitative estimate of drug-likeness (QED) is 0.779. The first-order valence-corrected chi connectivity index (χ1v) is 7.55. The molecule has 0 aliphatic carbocycles. The monoisotopic (exact) mass is 352 g/mol. The minimum atomic E-state index is -0.801. The van der Waals surface area contributed by atoms with E-state index in [1.807, 2.05) is 24.3 Å². The predicted octanol–water partition coefficient (Wildman–Crippen LogP) is 3.36. The fourth-order valence-corrected chi connectivity index (χ4v) is 2.84. The smallest absolute Gasteiger partial charge is 0.348 e. The third kappa shape index (κ3) is 3.18. The van der Waals surface area contributed by atoms with Crippen molar-refractivity contribution in [1.82, 2.24) is 0 Å². The number of rotatable bonds is 4. The summed E-state index contributed by atoms with van der Waals surface area (Å²) in [6, 6.07) is 7.52. The van der Waals surface area contributed by atoms with Gasteiger partial charge in [-0.05, 0) is 38.5 Å². The summed E-state index contributed by atoms with van der Waals surface area (Å²) in [6.07, 6.45) is -0.801. The van der Waals surface area contributed by atoms with Crippen LogP contribution in [0.1, 0.15) is 32.3 Å². The van der Waals surface area contributed by atoms with Gasteiger partial charge in [-0.25, -0.2) is 4.79 Å². The van der Waals surface area contributed by atoms with Gasteiger partial charge in [-0.3, -0.25) is 4.79 Å². The molecule has 0 N–H and O–H groups in total. The van der Waals surface area contributed by atoms with Crippen LogP contribution in [0.25, 0.3) is 0 Å². The Hall–Kier alpha value is -1.62. The Morgan fingerprint density at radius 3 is 2.43 bits per heavy atom. The van der Waals surface area contributed by atoms with E-state index in [1.165, 1.54) is 6.92 Å². The molecule has 0 radical (unpaired) electrons. The molecule has 2 atom stereocenters. The highest BCUT2D eigenvalue weighted by atomic mass is 79.9. The zero-order chi connectivity index (χ0) is 15.6. The van der Waals surface area contributed by atoms with Crippen LogP contribution < -0.4 is 0 Å². The zero-order valence-electron chi connectivity index (χ0n) is 12.2. The summed E-state index contributed by atoms with van der Waals surface area (Å²) in [5, 5.41) is 0. The number of carbonyl (C=O) groups is 2. The summed E-state index contributed by atoms with van der Waals surface area (Å²) in [5.41, 5.74) is 1.40. The Balaban J connectivity index is 2.43. The molecule has 0 fully saturated rings. The van der Waals surface area contributed by atoms with E-state index in [4.69, 9.17) is 9.47 Å². The van der Waals surface area contributed by atoms with E-state index in [0.717, 1.165) is 10.0 Å². The molecule has 0 unspecified atom stereocenters. The SMILES string of the molecule is CCOC(=O)[C@H]1OC(C)=C(C(C)=O)[C@@H]1c1ccc(Br)cc1. The molecule has 1 aliphatic rings. The molecule has 0 amide bonds. The van der Waals surface area contributed by atoms with Crippen molar-refractivity contribution in [2.45, 2.75) is 32.8 Å². The van der Waals surface area contributed by atoms with Crippen molar-refractivity contribution in [1.29, 1.82) is 0 Å². The summed E-state index contributed by atoms with van der Waals surface area (Å²) < 4.78 is 11.6. The number of ether oxygens (including phenoxy) is 2. The van der Waals surface area contributed by atoms with Crippen LogP contribution in [0, 0.1) is 0 Å². The van der Waals surface area contributed by atoms with Crippen molar-refractivity contribution in [2.75, 3.05) is 6.61 Å². The van der Waals surface area contributed by atoms with E-state index in [2.05, 4.69) is 15.9 Å². The second kappa shape index (κ2) is 6.43. The third-order valence-electron chi connectivity index (χ3n) is 3.42. The van der Waals surface area contributed by atoms with Crippen LogP contribution in [-0.4, -0.2) is 24.5 Å². The number of ketones is 1. The molecule has 5 heteroatoms. The molecule has 0 saturated heterocycles. The molecule has 1 heterocycles. The van der Waals surface area contributed by atoms with Crippen LogP contribution in [0.15, 0.2) is 40.1 Å². The van der Waals surface area contributed by atoms with E-state index in [1.54, 1.807) is 13.8 Å². The van der Waals surface area contributed by atoms with Gasteiger partial charge in [-0.2, -0.15) is 0 Å². The van der Waals surface area contributed by atoms with Crippen LogP contribution >= 0.6 is 15.9 Å². The molecule has 21 heavy (non-hydrogen) atoms. The Bertz CT molecular complexity index is 589. The number of Topliss-reactive ketones (excluding diaryl/α,β-unsaturated/α-hetero) is 1. The zero-order valence-corrected chi connectivity index (χ0v) is 13.8. The summed E-state index contributed by atoms with van der Waals surface area (Å²) in [7, 11) is 0. The molecule has 4 nitrogen and oxygen atoms in total. The first-order valence-electron chi connectivity index (χ1n) is 6.76. The summed E-state index contributed by atoms with van der Waals surface area (Å²) >= 11 is 3.38. The second-order valence-electron chi connectivity index (χ2n) is 4.85. The average molecular weight is 353 g/mol. The Morgan fingerprint density at radius 2 is 1.90 bits per heavy atom. The van der Waals surface area contributed by atoms with Crippen LogP contribution in [0.2, 0.25) is 0 Å². The van der Waals surface area contributed by atoms with Gasteiger partial charge in [0.05, 0.1) is 12.5 Å². The number of benzene rings is 1. The number of allylic oxidation sites excluding steroid dienone is 1. The summed E-state index contributed by atoms with van der Waals surface area (Å²) in [5.74, 6) is -0.462. The molecule has 0 aromatic heterocycles. The topological polar surface area (TPSA) is 52.6 Å². The van der Waals surface area contributed by atoms with Gasteiger partial charge in [0.25, 0.3) is 0 Å². The molecule has 1 aromatic rings. The molecule has 0 spiro atoms. The number of halogens is 1. The van der Waals surface area contributed by atoms with Gasteiger partial charge in [-0.15, -0.1) is 0 Å². The Morgan fingerprint density at radius 1 is 1.29 bits per heavy atom. The lowest BCUT2D eigenvalue weighted by Gasteiger charge is -2.19. The minimum Gasteiger partial charge on any atom is -0.482 e. The van der Waals surface area contributed by atoms with Crippen LogP contribution in [0.5, 0.6) is 0 Å². The van der Waals surface area contributed by atoms with Crippen molar-refractivity contribution in [3.8, 4) is 0 Å². The fourth-order valence-electron chi connectivity index (χ4n) is 2.58. The highest BCUT2D eigenvalue weighted by Crippen LogP contribution is 2.40. The van der Waals surface area contributed by atoms with Crippen molar-refractivity contribution in [3.05, 3.63) is 45.6 Å². The van der Waals surface area contributed by atoms with Gasteiger partial charge >= 0.3 is 5.97 Å². The van der Waals surface area contributed by atoms with Gasteiger partial charge in [0.2, 0.25) is 6.10 Å². The molecule has 1 aromatic carbocycles. The number of hydrogen-bond donors (Lipinski definition) is 0. The summed E-state index contributed by atoms with van der Waals surface area (Å²) in [6.45, 7) is 5.22. The highest BCUT2D eigenvalue weighted by Gasteiger charge is 2.43. The van der Waals surface area contributed by atoms with Crippen LogP contribution in [0.4, 0.5) is 0 Å². The van der Waals surface area contributed by atoms with Crippen LogP contribution in [-0.2, 0) is 19.1 Å². The number of hydrogen-bond acceptors (Lipinski definition) is 4. The van der Waals surface area contributed by atoms with Crippen molar-refractivity contribution >= 4 is 27.7 Å². The van der Waals surface area contributed by atoms with E-state index in [9.17, 15) is 9.59 Å². The molecule has 0 bridgehead atoms. The normalized spacial score (nSPS) is 21.1. The van der Waals surface area contributed by atoms with Gasteiger partial charge < -0.3 is 9.47 Å². The average Bonchev–Trinajstić information content (AvgIpc) is 2.77. The second-order valence-corrected chi connectivity index (χ2v) is 5.76. The van der Waals surface area contributed by atoms with Crippen molar-refractivity contribution in [3.63, 3.8) is 0 Å². The lowest BCUT2D eigenvalue weighted by molar-refractivity contribution is -0.153. The van der Waals surface area contributed by atoms with Gasteiger partial charge in [0.15, 0.2) is 5.78 Å². The maximum atomic E-state index is 12.1. The largest absolute Gasteiger partial charge is 0.482 e. The van der Waals surface area contributed by atoms with E-state index in [0.29, 0.717) is 11.3 Å². The fraction of sp³-hybridized carbons (Fsp3) is 0.375. The van der Waals surface area contributed by atoms with Crippen molar-refractivity contribution < 1.29 is 19.1 Å². The van der Waals surface area contributed by atoms with Crippen LogP contribution in [0.3, 0.4) is 0 Å². The predicted molar refractivity (Wildman–Crippen MR) is 81.8 cm³/mol. The van der Waals surface area contributed by atoms with Gasteiger partial charge in [0, 0.05) is 10.0 Å². The lowest BCUT2D eigenvalue weighted by atomic mass is 9.85. The minimum absolute atomic E-state index is 0.0905. The first kappa shape index (κ1) is 15.8. The molecular weight excluding hydrogens is 336 g/mol. The third-order valence-corrected chi connectivity index (χ3v) is 3.95. The maximum absolute atomic E-state index is 12.1. The number of esters is 1. The molecule has 1 aliphatic heterocycles. The van der Waals surface area contributed by atoms with E-state index < -0.39 is 18.0 Å². The Kier molecular flexibility index (Phi) is 4.83. The molecule has 2 rings (SSSR count).